The Morgan fingerprint density at radius 2 is 2.00 bits per heavy atom. The van der Waals surface area contributed by atoms with Crippen LogP contribution < -0.4 is 5.73 Å². The molecule has 0 aromatic carbocycles. The van der Waals surface area contributed by atoms with E-state index in [1.165, 1.54) is 19.3 Å². The molecule has 1 aliphatic heterocycles. The molecule has 1 saturated heterocycles. The van der Waals surface area contributed by atoms with Crippen molar-refractivity contribution in [2.24, 2.45) is 16.8 Å². The number of hydrogen-bond donors (Lipinski definition) is 2. The van der Waals surface area contributed by atoms with Crippen molar-refractivity contribution in [1.82, 2.24) is 9.80 Å². The van der Waals surface area contributed by atoms with Crippen LogP contribution in [0, 0.1) is 5.92 Å². The third-order valence-corrected chi connectivity index (χ3v) is 4.64. The summed E-state index contributed by atoms with van der Waals surface area (Å²) in [7, 11) is 0. The molecule has 1 aliphatic carbocycles. The Morgan fingerprint density at radius 1 is 1.35 bits per heavy atom. The molecule has 2 rings (SSSR count). The van der Waals surface area contributed by atoms with Crippen LogP contribution in [0.4, 0.5) is 0 Å². The molecule has 6 heteroatoms. The highest BCUT2D eigenvalue weighted by Gasteiger charge is 2.29. The highest BCUT2D eigenvalue weighted by molar-refractivity contribution is 5.85. The van der Waals surface area contributed by atoms with Crippen LogP contribution in [-0.4, -0.2) is 59.0 Å². The van der Waals surface area contributed by atoms with E-state index in [1.54, 1.807) is 0 Å². The Hall–Kier alpha value is -1.30. The summed E-state index contributed by atoms with van der Waals surface area (Å²) in [5, 5.41) is 11.9. The highest BCUT2D eigenvalue weighted by atomic mass is 16.4. The molecular weight excluding hydrogens is 256 g/mol. The van der Waals surface area contributed by atoms with Gasteiger partial charge in [0.15, 0.2) is 5.84 Å². The van der Waals surface area contributed by atoms with E-state index in [2.05, 4.69) is 10.1 Å². The first kappa shape index (κ1) is 15.1. The molecule has 20 heavy (non-hydrogen) atoms. The summed E-state index contributed by atoms with van der Waals surface area (Å²) in [5.74, 6) is 1.19. The molecule has 114 valence electrons. The molecule has 6 nitrogen and oxygen atoms in total. The minimum absolute atomic E-state index is 0.0242. The molecule has 2 fully saturated rings. The summed E-state index contributed by atoms with van der Waals surface area (Å²) >= 11 is 0. The number of amides is 1. The van der Waals surface area contributed by atoms with Gasteiger partial charge in [0.2, 0.25) is 5.91 Å². The predicted molar refractivity (Wildman–Crippen MR) is 77.6 cm³/mol. The molecule has 0 aromatic rings. The topological polar surface area (TPSA) is 82.2 Å². The number of oxime groups is 1. The first-order valence-corrected chi connectivity index (χ1v) is 7.65. The summed E-state index contributed by atoms with van der Waals surface area (Å²) in [6.07, 6.45) is 5.24. The molecule has 1 atom stereocenters. The molecular formula is C14H26N4O2. The van der Waals surface area contributed by atoms with Gasteiger partial charge in [-0.2, -0.15) is 0 Å². The van der Waals surface area contributed by atoms with E-state index in [0.717, 1.165) is 39.0 Å². The van der Waals surface area contributed by atoms with E-state index in [-0.39, 0.29) is 11.9 Å². The minimum Gasteiger partial charge on any atom is -0.409 e. The van der Waals surface area contributed by atoms with Crippen LogP contribution in [0.25, 0.3) is 0 Å². The number of piperazine rings is 1. The van der Waals surface area contributed by atoms with Gasteiger partial charge in [0.25, 0.3) is 0 Å². The molecule has 3 N–H and O–H groups in total. The smallest absolute Gasteiger partial charge is 0.222 e. The maximum absolute atomic E-state index is 12.2. The normalized spacial score (nSPS) is 23.4. The fraction of sp³-hybridized carbons (Fsp3) is 0.857. The second-order valence-corrected chi connectivity index (χ2v) is 5.87. The van der Waals surface area contributed by atoms with Gasteiger partial charge in [-0.1, -0.05) is 18.5 Å². The number of rotatable bonds is 5. The van der Waals surface area contributed by atoms with Gasteiger partial charge >= 0.3 is 0 Å². The van der Waals surface area contributed by atoms with Crippen LogP contribution in [0.2, 0.25) is 0 Å². The van der Waals surface area contributed by atoms with Crippen molar-refractivity contribution in [1.29, 1.82) is 0 Å². The first-order chi connectivity index (χ1) is 9.65. The molecule has 0 spiro atoms. The zero-order chi connectivity index (χ0) is 14.5. The monoisotopic (exact) mass is 282 g/mol. The van der Waals surface area contributed by atoms with E-state index >= 15 is 0 Å². The zero-order valence-corrected chi connectivity index (χ0v) is 12.3. The molecule has 0 aromatic heterocycles. The SMILES string of the molecule is CCC(C(N)=NO)N1CCN(C(=O)CC2CCC2)CC1. The Balaban J connectivity index is 1.80. The average molecular weight is 282 g/mol. The first-order valence-electron chi connectivity index (χ1n) is 7.65. The van der Waals surface area contributed by atoms with Gasteiger partial charge in [-0.15, -0.1) is 0 Å². The lowest BCUT2D eigenvalue weighted by molar-refractivity contribution is -0.134. The van der Waals surface area contributed by atoms with Crippen LogP contribution >= 0.6 is 0 Å². The fourth-order valence-electron chi connectivity index (χ4n) is 3.08. The number of nitrogens with zero attached hydrogens (tertiary/aromatic N) is 3. The summed E-state index contributed by atoms with van der Waals surface area (Å²) in [5.41, 5.74) is 5.72. The molecule has 2 aliphatic rings. The maximum Gasteiger partial charge on any atom is 0.222 e. The van der Waals surface area contributed by atoms with Gasteiger partial charge in [-0.25, -0.2) is 0 Å². The Kier molecular flexibility index (Phi) is 5.23. The van der Waals surface area contributed by atoms with Gasteiger partial charge in [0.05, 0.1) is 6.04 Å². The fourth-order valence-corrected chi connectivity index (χ4v) is 3.08. The number of carbonyl (C=O) groups is 1. The molecule has 0 bridgehead atoms. The lowest BCUT2D eigenvalue weighted by Gasteiger charge is -2.39. The van der Waals surface area contributed by atoms with Crippen LogP contribution in [-0.2, 0) is 4.79 Å². The number of nitrogens with two attached hydrogens (primary N) is 1. The second kappa shape index (κ2) is 6.92. The van der Waals surface area contributed by atoms with E-state index in [1.807, 2.05) is 11.8 Å². The second-order valence-electron chi connectivity index (χ2n) is 5.87. The lowest BCUT2D eigenvalue weighted by atomic mass is 9.82. The maximum atomic E-state index is 12.2. The molecule has 1 saturated carbocycles. The summed E-state index contributed by atoms with van der Waals surface area (Å²) < 4.78 is 0. The molecule has 0 radical (unpaired) electrons. The zero-order valence-electron chi connectivity index (χ0n) is 12.3. The van der Waals surface area contributed by atoms with Gasteiger partial charge in [0.1, 0.15) is 0 Å². The van der Waals surface area contributed by atoms with Crippen LogP contribution in [0.1, 0.15) is 39.0 Å². The van der Waals surface area contributed by atoms with Crippen molar-refractivity contribution in [3.63, 3.8) is 0 Å². The van der Waals surface area contributed by atoms with E-state index < -0.39 is 0 Å². The number of carbonyl (C=O) groups excluding carboxylic acids is 1. The third kappa shape index (κ3) is 3.42. The van der Waals surface area contributed by atoms with Crippen molar-refractivity contribution in [3.8, 4) is 0 Å². The van der Waals surface area contributed by atoms with Crippen molar-refractivity contribution in [2.45, 2.75) is 45.1 Å². The van der Waals surface area contributed by atoms with Crippen LogP contribution in [0.15, 0.2) is 5.16 Å². The van der Waals surface area contributed by atoms with Gasteiger partial charge in [0, 0.05) is 32.6 Å². The van der Waals surface area contributed by atoms with Crippen molar-refractivity contribution < 1.29 is 10.0 Å². The van der Waals surface area contributed by atoms with Crippen molar-refractivity contribution >= 4 is 11.7 Å². The summed E-state index contributed by atoms with van der Waals surface area (Å²) in [4.78, 5) is 16.3. The Bertz CT molecular complexity index is 360. The van der Waals surface area contributed by atoms with Gasteiger partial charge < -0.3 is 15.8 Å². The lowest BCUT2D eigenvalue weighted by Crippen LogP contribution is -2.55. The number of amidine groups is 1. The van der Waals surface area contributed by atoms with Crippen molar-refractivity contribution in [2.75, 3.05) is 26.2 Å². The molecule has 1 unspecified atom stereocenters. The van der Waals surface area contributed by atoms with E-state index in [9.17, 15) is 4.79 Å². The average Bonchev–Trinajstić information content (AvgIpc) is 2.44. The quantitative estimate of drug-likeness (QED) is 0.339. The van der Waals surface area contributed by atoms with Crippen molar-refractivity contribution in [3.05, 3.63) is 0 Å². The number of hydrogen-bond acceptors (Lipinski definition) is 4. The highest BCUT2D eigenvalue weighted by Crippen LogP contribution is 2.30. The van der Waals surface area contributed by atoms with E-state index in [4.69, 9.17) is 10.9 Å². The van der Waals surface area contributed by atoms with Crippen LogP contribution in [0.3, 0.4) is 0 Å². The van der Waals surface area contributed by atoms with E-state index in [0.29, 0.717) is 11.8 Å². The van der Waals surface area contributed by atoms with Gasteiger partial charge in [-0.05, 0) is 25.2 Å². The Labute approximate surface area is 120 Å². The minimum atomic E-state index is -0.0242. The predicted octanol–water partition coefficient (Wildman–Crippen LogP) is 0.846. The largest absolute Gasteiger partial charge is 0.409 e. The van der Waals surface area contributed by atoms with Gasteiger partial charge in [-0.3, -0.25) is 9.69 Å². The molecule has 1 heterocycles. The summed E-state index contributed by atoms with van der Waals surface area (Å²) in [6, 6.07) is -0.0242. The molecule has 1 amide bonds. The summed E-state index contributed by atoms with van der Waals surface area (Å²) in [6.45, 7) is 5.12. The Morgan fingerprint density at radius 3 is 2.45 bits per heavy atom. The third-order valence-electron chi connectivity index (χ3n) is 4.64. The standard InChI is InChI=1S/C14H26N4O2/c1-2-12(14(15)16-20)17-6-8-18(9-7-17)13(19)10-11-4-3-5-11/h11-12,20H,2-10H2,1H3,(H2,15,16). The van der Waals surface area contributed by atoms with Crippen LogP contribution in [0.5, 0.6) is 0 Å².